The van der Waals surface area contributed by atoms with Crippen LogP contribution in [0.5, 0.6) is 0 Å². The number of aryl methyl sites for hydroxylation is 1. The summed E-state index contributed by atoms with van der Waals surface area (Å²) in [5, 5.41) is 17.7. The molecule has 32 heavy (non-hydrogen) atoms. The Morgan fingerprint density at radius 2 is 2.09 bits per heavy atom. The number of rotatable bonds is 7. The molecule has 0 aliphatic heterocycles. The summed E-state index contributed by atoms with van der Waals surface area (Å²) in [5.41, 5.74) is 2.06. The van der Waals surface area contributed by atoms with Gasteiger partial charge in [0.1, 0.15) is 12.4 Å². The number of likely N-dealkylation sites (N-methyl/N-ethyl adjacent to an activating group) is 1. The van der Waals surface area contributed by atoms with Gasteiger partial charge in [0.05, 0.1) is 22.5 Å². The number of carbonyl (C=O) groups excluding carboxylic acids is 1. The van der Waals surface area contributed by atoms with Gasteiger partial charge in [0.2, 0.25) is 6.41 Å². The SMILES string of the molecule is CCN(C=O)/C(CO)=N\N(C)c1cc2c(C(C)C)cn(-c3csnc3C)c(=O)c2cc1F. The van der Waals surface area contributed by atoms with Crippen molar-refractivity contribution in [3.63, 3.8) is 0 Å². The van der Waals surface area contributed by atoms with Gasteiger partial charge in [-0.3, -0.25) is 24.1 Å². The maximum absolute atomic E-state index is 15.1. The number of anilines is 1. The zero-order valence-corrected chi connectivity index (χ0v) is 19.5. The molecular formula is C22H26FN5O3S. The number of carbonyl (C=O) groups is 1. The molecule has 0 saturated carbocycles. The van der Waals surface area contributed by atoms with Gasteiger partial charge in [0.15, 0.2) is 5.84 Å². The number of benzene rings is 1. The van der Waals surface area contributed by atoms with Gasteiger partial charge in [-0.2, -0.15) is 9.47 Å². The fourth-order valence-corrected chi connectivity index (χ4v) is 4.19. The first-order chi connectivity index (χ1) is 15.2. The number of hydrogen-bond acceptors (Lipinski definition) is 7. The first kappa shape index (κ1) is 23.6. The number of nitrogens with zero attached hydrogens (tertiary/aromatic N) is 5. The van der Waals surface area contributed by atoms with Crippen molar-refractivity contribution in [2.45, 2.75) is 33.6 Å². The van der Waals surface area contributed by atoms with Crippen molar-refractivity contribution in [3.8, 4) is 5.69 Å². The Hall–Kier alpha value is -3.11. The van der Waals surface area contributed by atoms with Crippen LogP contribution in [0.4, 0.5) is 10.1 Å². The van der Waals surface area contributed by atoms with Crippen LogP contribution in [0.2, 0.25) is 0 Å². The van der Waals surface area contributed by atoms with Crippen molar-refractivity contribution >= 4 is 40.2 Å². The first-order valence-electron chi connectivity index (χ1n) is 10.2. The standard InChI is InChI=1S/C22H26FN5O3S/c1-6-27(12-30)21(10-29)24-26(5)19-8-15-16(7-18(19)23)22(31)28(9-17(15)13(2)3)20-11-32-25-14(20)4/h7-9,11-13,29H,6,10H2,1-5H3/b24-21-. The minimum absolute atomic E-state index is 0.0574. The molecule has 0 spiro atoms. The highest BCUT2D eigenvalue weighted by Gasteiger charge is 2.19. The van der Waals surface area contributed by atoms with Crippen molar-refractivity contribution in [1.29, 1.82) is 0 Å². The molecular weight excluding hydrogens is 433 g/mol. The van der Waals surface area contributed by atoms with E-state index >= 15 is 4.39 Å². The van der Waals surface area contributed by atoms with Gasteiger partial charge in [-0.05, 0) is 54.4 Å². The van der Waals surface area contributed by atoms with Crippen molar-refractivity contribution in [1.82, 2.24) is 13.8 Å². The van der Waals surface area contributed by atoms with Crippen molar-refractivity contribution in [2.24, 2.45) is 5.10 Å². The largest absolute Gasteiger partial charge is 0.388 e. The molecule has 0 radical (unpaired) electrons. The Bertz CT molecular complexity index is 1230. The number of aromatic nitrogens is 2. The molecule has 1 amide bonds. The van der Waals surface area contributed by atoms with Crippen LogP contribution in [-0.4, -0.2) is 51.4 Å². The summed E-state index contributed by atoms with van der Waals surface area (Å²) in [4.78, 5) is 25.7. The van der Waals surface area contributed by atoms with Crippen molar-refractivity contribution in [3.05, 3.63) is 51.1 Å². The summed E-state index contributed by atoms with van der Waals surface area (Å²) in [6.45, 7) is 7.39. The third-order valence-corrected chi connectivity index (χ3v) is 5.98. The van der Waals surface area contributed by atoms with Crippen LogP contribution in [0.1, 0.15) is 37.9 Å². The number of pyridine rings is 1. The van der Waals surface area contributed by atoms with Gasteiger partial charge in [-0.15, -0.1) is 0 Å². The molecule has 2 aromatic heterocycles. The molecule has 8 nitrogen and oxygen atoms in total. The van der Waals surface area contributed by atoms with Crippen LogP contribution in [0, 0.1) is 12.7 Å². The molecule has 0 atom stereocenters. The third kappa shape index (κ3) is 4.28. The number of amides is 1. The molecule has 3 aromatic rings. The number of hydrazone groups is 1. The van der Waals surface area contributed by atoms with Gasteiger partial charge >= 0.3 is 0 Å². The molecule has 170 valence electrons. The number of aliphatic hydroxyl groups excluding tert-OH is 1. The molecule has 0 aliphatic carbocycles. The predicted molar refractivity (Wildman–Crippen MR) is 125 cm³/mol. The molecule has 0 aliphatic rings. The number of hydrogen-bond donors (Lipinski definition) is 1. The van der Waals surface area contributed by atoms with E-state index in [0.717, 1.165) is 11.3 Å². The average Bonchev–Trinajstić information content (AvgIpc) is 3.19. The second-order valence-corrected chi connectivity index (χ2v) is 8.27. The van der Waals surface area contributed by atoms with Crippen LogP contribution in [0.25, 0.3) is 16.5 Å². The summed E-state index contributed by atoms with van der Waals surface area (Å²) in [7, 11) is 1.52. The van der Waals surface area contributed by atoms with Crippen LogP contribution < -0.4 is 10.6 Å². The summed E-state index contributed by atoms with van der Waals surface area (Å²) < 4.78 is 20.9. The van der Waals surface area contributed by atoms with Crippen molar-refractivity contribution < 1.29 is 14.3 Å². The Labute approximate surface area is 189 Å². The van der Waals surface area contributed by atoms with E-state index in [0.29, 0.717) is 24.0 Å². The Balaban J connectivity index is 2.23. The summed E-state index contributed by atoms with van der Waals surface area (Å²) >= 11 is 1.26. The van der Waals surface area contributed by atoms with Gasteiger partial charge in [-0.25, -0.2) is 4.39 Å². The molecule has 10 heteroatoms. The van der Waals surface area contributed by atoms with E-state index < -0.39 is 12.4 Å². The molecule has 1 N–H and O–H groups in total. The van der Waals surface area contributed by atoms with E-state index in [9.17, 15) is 14.7 Å². The summed E-state index contributed by atoms with van der Waals surface area (Å²) in [6, 6.07) is 2.80. The second-order valence-electron chi connectivity index (χ2n) is 7.64. The van der Waals surface area contributed by atoms with E-state index in [1.807, 2.05) is 20.8 Å². The second kappa shape index (κ2) is 9.58. The number of halogens is 1. The van der Waals surface area contributed by atoms with Gasteiger partial charge in [0, 0.05) is 25.2 Å². The Morgan fingerprint density at radius 1 is 1.38 bits per heavy atom. The highest BCUT2D eigenvalue weighted by Crippen LogP contribution is 2.31. The van der Waals surface area contributed by atoms with E-state index in [2.05, 4.69) is 9.47 Å². The highest BCUT2D eigenvalue weighted by atomic mass is 32.1. The maximum atomic E-state index is 15.1. The van der Waals surface area contributed by atoms with E-state index in [-0.39, 0.29) is 28.4 Å². The monoisotopic (exact) mass is 459 g/mol. The lowest BCUT2D eigenvalue weighted by Crippen LogP contribution is -2.34. The number of aliphatic hydroxyl groups is 1. The van der Waals surface area contributed by atoms with Crippen LogP contribution in [-0.2, 0) is 4.79 Å². The fourth-order valence-electron chi connectivity index (χ4n) is 3.50. The van der Waals surface area contributed by atoms with Gasteiger partial charge in [-0.1, -0.05) is 13.8 Å². The van der Waals surface area contributed by atoms with Crippen LogP contribution >= 0.6 is 11.5 Å². The molecule has 3 rings (SSSR count). The van der Waals surface area contributed by atoms with E-state index in [1.165, 1.54) is 39.1 Å². The van der Waals surface area contributed by atoms with Crippen LogP contribution in [0.15, 0.2) is 33.6 Å². The van der Waals surface area contributed by atoms with Gasteiger partial charge < -0.3 is 5.11 Å². The number of fused-ring (bicyclic) bond motifs is 1. The highest BCUT2D eigenvalue weighted by molar-refractivity contribution is 7.04. The van der Waals surface area contributed by atoms with Crippen molar-refractivity contribution in [2.75, 3.05) is 25.2 Å². The lowest BCUT2D eigenvalue weighted by atomic mass is 9.97. The Morgan fingerprint density at radius 3 is 2.62 bits per heavy atom. The molecule has 0 saturated heterocycles. The minimum Gasteiger partial charge on any atom is -0.388 e. The molecule has 0 unspecified atom stereocenters. The Kier molecular flexibility index (Phi) is 7.05. The fraction of sp³-hybridized carbons (Fsp3) is 0.364. The van der Waals surface area contributed by atoms with E-state index in [4.69, 9.17) is 0 Å². The third-order valence-electron chi connectivity index (χ3n) is 5.28. The zero-order valence-electron chi connectivity index (χ0n) is 18.7. The molecule has 2 heterocycles. The average molecular weight is 460 g/mol. The smallest absolute Gasteiger partial charge is 0.263 e. The summed E-state index contributed by atoms with van der Waals surface area (Å²) in [6.07, 6.45) is 2.33. The quantitative estimate of drug-likeness (QED) is 0.254. The van der Waals surface area contributed by atoms with E-state index in [1.54, 1.807) is 24.6 Å². The molecule has 0 bridgehead atoms. The molecule has 0 fully saturated rings. The summed E-state index contributed by atoms with van der Waals surface area (Å²) in [5.74, 6) is -0.494. The molecule has 1 aromatic carbocycles. The lowest BCUT2D eigenvalue weighted by molar-refractivity contribution is -0.114. The topological polar surface area (TPSA) is 91.0 Å². The lowest BCUT2D eigenvalue weighted by Gasteiger charge is -2.22. The maximum Gasteiger partial charge on any atom is 0.263 e. The number of amidine groups is 1. The predicted octanol–water partition coefficient (Wildman–Crippen LogP) is 3.24. The van der Waals surface area contributed by atoms with Crippen LogP contribution in [0.3, 0.4) is 0 Å². The minimum atomic E-state index is -0.639. The zero-order chi connectivity index (χ0) is 23.6. The first-order valence-corrected chi connectivity index (χ1v) is 11.0. The van der Waals surface area contributed by atoms with Gasteiger partial charge in [0.25, 0.3) is 5.56 Å². The normalized spacial score (nSPS) is 11.9.